The predicted octanol–water partition coefficient (Wildman–Crippen LogP) is 7.57. The summed E-state index contributed by atoms with van der Waals surface area (Å²) in [4.78, 5) is 11.9. The maximum atomic E-state index is 11.9. The Hall–Kier alpha value is -0.830. The van der Waals surface area contributed by atoms with Crippen LogP contribution in [0.5, 0.6) is 0 Å². The molecule has 0 heterocycles. The number of esters is 1. The van der Waals surface area contributed by atoms with Crippen LogP contribution in [0.15, 0.2) is 11.6 Å². The number of hydrogen-bond acceptors (Lipinski definition) is 3. The van der Waals surface area contributed by atoms with Crippen molar-refractivity contribution in [2.24, 2.45) is 56.7 Å². The lowest BCUT2D eigenvalue weighted by Gasteiger charge is -2.73. The van der Waals surface area contributed by atoms with Gasteiger partial charge in [-0.3, -0.25) is 4.79 Å². The minimum atomic E-state index is -0.301. The fraction of sp³-hybridized carbons (Fsp3) is 0.906. The highest BCUT2D eigenvalue weighted by atomic mass is 16.5. The summed E-state index contributed by atoms with van der Waals surface area (Å²) >= 11 is 0. The van der Waals surface area contributed by atoms with E-state index in [-0.39, 0.29) is 29.0 Å². The Labute approximate surface area is 214 Å². The quantitative estimate of drug-likeness (QED) is 0.308. The molecule has 198 valence electrons. The Morgan fingerprint density at radius 2 is 1.57 bits per heavy atom. The summed E-state index contributed by atoms with van der Waals surface area (Å²) in [6.07, 6.45) is 11.6. The average molecular weight is 485 g/mol. The summed E-state index contributed by atoms with van der Waals surface area (Å²) in [5.41, 5.74) is 2.38. The van der Waals surface area contributed by atoms with E-state index < -0.39 is 0 Å². The smallest absolute Gasteiger partial charge is 0.302 e. The van der Waals surface area contributed by atoms with E-state index in [2.05, 4.69) is 61.5 Å². The first kappa shape index (κ1) is 25.8. The molecule has 11 atom stereocenters. The van der Waals surface area contributed by atoms with Gasteiger partial charge in [-0.25, -0.2) is 0 Å². The number of aliphatic hydroxyl groups is 1. The number of allylic oxidation sites excluding steroid dienone is 1. The van der Waals surface area contributed by atoms with Crippen molar-refractivity contribution in [3.05, 3.63) is 11.6 Å². The van der Waals surface area contributed by atoms with Crippen LogP contribution in [0, 0.1) is 56.7 Å². The fourth-order valence-electron chi connectivity index (χ4n) is 11.7. The van der Waals surface area contributed by atoms with Crippen LogP contribution < -0.4 is 0 Å². The van der Waals surface area contributed by atoms with Crippen molar-refractivity contribution in [2.75, 3.05) is 0 Å². The van der Waals surface area contributed by atoms with Gasteiger partial charge in [0.2, 0.25) is 0 Å². The van der Waals surface area contributed by atoms with E-state index in [0.29, 0.717) is 39.9 Å². The van der Waals surface area contributed by atoms with Crippen LogP contribution in [-0.4, -0.2) is 23.3 Å². The molecule has 5 rings (SSSR count). The Bertz CT molecular complexity index is 920. The third-order valence-electron chi connectivity index (χ3n) is 13.9. The SMILES string of the molecule is CC(=O)OC1CCC2(C)C(CCC3(C)C2CCC2C4C(C)C(C)=CC(O)C4(C)CCC23C)C1(C)C. The largest absolute Gasteiger partial charge is 0.462 e. The van der Waals surface area contributed by atoms with E-state index in [1.165, 1.54) is 44.1 Å². The number of carbonyl (C=O) groups is 1. The second-order valence-electron chi connectivity index (χ2n) is 15.3. The molecule has 0 aliphatic heterocycles. The first-order valence-corrected chi connectivity index (χ1v) is 14.7. The molecule has 3 nitrogen and oxygen atoms in total. The first-order chi connectivity index (χ1) is 16.1. The van der Waals surface area contributed by atoms with Crippen molar-refractivity contribution >= 4 is 5.97 Å². The van der Waals surface area contributed by atoms with E-state index in [0.717, 1.165) is 18.8 Å². The van der Waals surface area contributed by atoms with Crippen molar-refractivity contribution in [3.63, 3.8) is 0 Å². The summed E-state index contributed by atoms with van der Waals surface area (Å²) in [5, 5.41) is 11.3. The van der Waals surface area contributed by atoms with Crippen molar-refractivity contribution in [2.45, 2.75) is 126 Å². The second-order valence-corrected chi connectivity index (χ2v) is 15.3. The van der Waals surface area contributed by atoms with Crippen LogP contribution >= 0.6 is 0 Å². The van der Waals surface area contributed by atoms with Crippen molar-refractivity contribution in [1.82, 2.24) is 0 Å². The Kier molecular flexibility index (Phi) is 5.78. The van der Waals surface area contributed by atoms with E-state index in [9.17, 15) is 9.90 Å². The Morgan fingerprint density at radius 1 is 0.886 bits per heavy atom. The predicted molar refractivity (Wildman–Crippen MR) is 142 cm³/mol. The zero-order valence-corrected chi connectivity index (χ0v) is 24.0. The molecule has 0 aromatic carbocycles. The van der Waals surface area contributed by atoms with Gasteiger partial charge in [-0.1, -0.05) is 60.1 Å². The molecule has 0 saturated heterocycles. The van der Waals surface area contributed by atoms with Crippen LogP contribution in [0.3, 0.4) is 0 Å². The lowest BCUT2D eigenvalue weighted by atomic mass is 9.31. The molecule has 0 amide bonds. The van der Waals surface area contributed by atoms with Crippen molar-refractivity contribution in [1.29, 1.82) is 0 Å². The highest BCUT2D eigenvalue weighted by Gasteiger charge is 2.70. The number of carbonyl (C=O) groups excluding carboxylic acids is 1. The number of fused-ring (bicyclic) bond motifs is 7. The molecule has 3 heteroatoms. The highest BCUT2D eigenvalue weighted by Crippen LogP contribution is 2.76. The topological polar surface area (TPSA) is 46.5 Å². The molecule has 35 heavy (non-hydrogen) atoms. The molecule has 0 aromatic rings. The van der Waals surface area contributed by atoms with Crippen LogP contribution in [-0.2, 0) is 9.53 Å². The van der Waals surface area contributed by atoms with Gasteiger partial charge in [-0.15, -0.1) is 0 Å². The van der Waals surface area contributed by atoms with Gasteiger partial charge >= 0.3 is 5.97 Å². The van der Waals surface area contributed by atoms with E-state index >= 15 is 0 Å². The van der Waals surface area contributed by atoms with Gasteiger partial charge in [0.05, 0.1) is 6.10 Å². The molecule has 0 radical (unpaired) electrons. The fourth-order valence-corrected chi connectivity index (χ4v) is 11.7. The zero-order valence-electron chi connectivity index (χ0n) is 24.0. The van der Waals surface area contributed by atoms with Gasteiger partial charge in [-0.05, 0) is 104 Å². The lowest BCUT2D eigenvalue weighted by Crippen LogP contribution is -2.68. The number of aliphatic hydroxyl groups excluding tert-OH is 1. The molecule has 0 aromatic heterocycles. The minimum Gasteiger partial charge on any atom is -0.462 e. The number of ether oxygens (including phenoxy) is 1. The highest BCUT2D eigenvalue weighted by molar-refractivity contribution is 5.66. The van der Waals surface area contributed by atoms with Crippen LogP contribution in [0.1, 0.15) is 114 Å². The molecule has 1 N–H and O–H groups in total. The molecule has 0 bridgehead atoms. The van der Waals surface area contributed by atoms with Gasteiger partial charge in [0, 0.05) is 17.8 Å². The molecular formula is C32H52O3. The Morgan fingerprint density at radius 3 is 2.23 bits per heavy atom. The number of hydrogen-bond donors (Lipinski definition) is 1. The minimum absolute atomic E-state index is 0.0114. The molecule has 4 saturated carbocycles. The van der Waals surface area contributed by atoms with Crippen molar-refractivity contribution in [3.8, 4) is 0 Å². The number of rotatable bonds is 1. The normalized spacial score (nSPS) is 54.9. The maximum absolute atomic E-state index is 11.9. The summed E-state index contributed by atoms with van der Waals surface area (Å²) in [6.45, 7) is 21.4. The van der Waals surface area contributed by atoms with Gasteiger partial charge in [0.15, 0.2) is 0 Å². The molecule has 0 spiro atoms. The third kappa shape index (κ3) is 3.21. The van der Waals surface area contributed by atoms with Crippen LogP contribution in [0.4, 0.5) is 0 Å². The molecule has 11 unspecified atom stereocenters. The monoisotopic (exact) mass is 484 g/mol. The second kappa shape index (κ2) is 7.84. The van der Waals surface area contributed by atoms with Gasteiger partial charge in [0.1, 0.15) is 6.10 Å². The van der Waals surface area contributed by atoms with Crippen molar-refractivity contribution < 1.29 is 14.6 Å². The molecule has 4 fully saturated rings. The average Bonchev–Trinajstić information content (AvgIpc) is 2.75. The summed E-state index contributed by atoms with van der Waals surface area (Å²) in [7, 11) is 0. The summed E-state index contributed by atoms with van der Waals surface area (Å²) in [5.74, 6) is 3.00. The molecule has 5 aliphatic carbocycles. The van der Waals surface area contributed by atoms with E-state index in [4.69, 9.17) is 4.74 Å². The Balaban J connectivity index is 1.51. The molecule has 5 aliphatic rings. The maximum Gasteiger partial charge on any atom is 0.302 e. The van der Waals surface area contributed by atoms with E-state index in [1.807, 2.05) is 0 Å². The zero-order chi connectivity index (χ0) is 25.8. The molecular weight excluding hydrogens is 432 g/mol. The lowest BCUT2D eigenvalue weighted by molar-refractivity contribution is -0.257. The third-order valence-corrected chi connectivity index (χ3v) is 13.9. The summed E-state index contributed by atoms with van der Waals surface area (Å²) < 4.78 is 5.90. The van der Waals surface area contributed by atoms with E-state index in [1.54, 1.807) is 6.92 Å². The van der Waals surface area contributed by atoms with Gasteiger partial charge in [0.25, 0.3) is 0 Å². The summed E-state index contributed by atoms with van der Waals surface area (Å²) in [6, 6.07) is 0. The van der Waals surface area contributed by atoms with Gasteiger partial charge in [-0.2, -0.15) is 0 Å². The van der Waals surface area contributed by atoms with Crippen LogP contribution in [0.25, 0.3) is 0 Å². The first-order valence-electron chi connectivity index (χ1n) is 14.7. The van der Waals surface area contributed by atoms with Crippen LogP contribution in [0.2, 0.25) is 0 Å². The standard InChI is InChI=1S/C32H52O3/c1-19-18-25(34)30(7)16-17-31(8)22(27(30)20(19)2)10-11-24-29(6)14-13-26(35-21(3)33)28(4,5)23(29)12-15-32(24,31)9/h18,20,22-27,34H,10-17H2,1-9H3. The van der Waals surface area contributed by atoms with Gasteiger partial charge < -0.3 is 9.84 Å².